The van der Waals surface area contributed by atoms with Crippen LogP contribution >= 0.6 is 0 Å². The fraction of sp³-hybridized carbons (Fsp3) is 0.385. The average molecular weight is 236 g/mol. The van der Waals surface area contributed by atoms with E-state index in [4.69, 9.17) is 10.5 Å². The molecule has 1 aromatic carbocycles. The van der Waals surface area contributed by atoms with Crippen LogP contribution in [-0.4, -0.2) is 38.7 Å². The molecular formula is C13H17FN2O. The molecule has 0 bridgehead atoms. The van der Waals surface area contributed by atoms with Crippen LogP contribution in [0.4, 0.5) is 4.39 Å². The summed E-state index contributed by atoms with van der Waals surface area (Å²) in [5.74, 6) is 5.75. The maximum atomic E-state index is 13.1. The third kappa shape index (κ3) is 4.85. The molecule has 0 aliphatic carbocycles. The fourth-order valence-electron chi connectivity index (χ4n) is 1.21. The van der Waals surface area contributed by atoms with Gasteiger partial charge in [-0.05, 0) is 32.3 Å². The lowest BCUT2D eigenvalue weighted by Gasteiger charge is -2.12. The van der Waals surface area contributed by atoms with E-state index in [1.165, 1.54) is 12.1 Å². The Labute approximate surface area is 101 Å². The van der Waals surface area contributed by atoms with E-state index in [1.807, 2.05) is 19.0 Å². The first-order valence-corrected chi connectivity index (χ1v) is 5.39. The zero-order valence-electron chi connectivity index (χ0n) is 10.2. The number of likely N-dealkylation sites (N-methyl/N-ethyl adjacent to an activating group) is 1. The Morgan fingerprint density at radius 3 is 2.82 bits per heavy atom. The Balaban J connectivity index is 2.76. The first kappa shape index (κ1) is 13.5. The second-order valence-electron chi connectivity index (χ2n) is 3.80. The minimum absolute atomic E-state index is 0.244. The van der Waals surface area contributed by atoms with Gasteiger partial charge in [0, 0.05) is 6.54 Å². The van der Waals surface area contributed by atoms with E-state index in [9.17, 15) is 4.39 Å². The molecule has 0 atom stereocenters. The first-order chi connectivity index (χ1) is 8.13. The van der Waals surface area contributed by atoms with Crippen LogP contribution in [0.15, 0.2) is 18.2 Å². The van der Waals surface area contributed by atoms with Crippen molar-refractivity contribution in [1.82, 2.24) is 4.90 Å². The van der Waals surface area contributed by atoms with Gasteiger partial charge in [-0.2, -0.15) is 0 Å². The molecule has 0 aliphatic heterocycles. The maximum Gasteiger partial charge on any atom is 0.135 e. The quantitative estimate of drug-likeness (QED) is 0.795. The largest absolute Gasteiger partial charge is 0.491 e. The molecule has 2 N–H and O–H groups in total. The number of benzene rings is 1. The molecule has 0 heterocycles. The van der Waals surface area contributed by atoms with Crippen LogP contribution in [0.25, 0.3) is 0 Å². The van der Waals surface area contributed by atoms with Crippen molar-refractivity contribution in [2.24, 2.45) is 5.73 Å². The van der Waals surface area contributed by atoms with Gasteiger partial charge in [0.2, 0.25) is 0 Å². The maximum absolute atomic E-state index is 13.1. The van der Waals surface area contributed by atoms with Gasteiger partial charge in [0.25, 0.3) is 0 Å². The number of halogens is 1. The predicted molar refractivity (Wildman–Crippen MR) is 66.4 cm³/mol. The van der Waals surface area contributed by atoms with Crippen molar-refractivity contribution < 1.29 is 9.13 Å². The smallest absolute Gasteiger partial charge is 0.135 e. The summed E-state index contributed by atoms with van der Waals surface area (Å²) in [6, 6.07) is 4.30. The van der Waals surface area contributed by atoms with Crippen molar-refractivity contribution in [3.8, 4) is 17.6 Å². The van der Waals surface area contributed by atoms with Crippen LogP contribution in [0.3, 0.4) is 0 Å². The van der Waals surface area contributed by atoms with Gasteiger partial charge in [-0.15, -0.1) is 0 Å². The second-order valence-corrected chi connectivity index (χ2v) is 3.80. The molecule has 0 aromatic heterocycles. The molecule has 0 amide bonds. The van der Waals surface area contributed by atoms with Crippen LogP contribution in [0.1, 0.15) is 5.56 Å². The molecule has 1 aromatic rings. The molecule has 4 heteroatoms. The Hall–Kier alpha value is -1.57. The van der Waals surface area contributed by atoms with Gasteiger partial charge in [0.1, 0.15) is 18.2 Å². The Kier molecular flexibility index (Phi) is 5.47. The molecule has 92 valence electrons. The number of nitrogens with zero attached hydrogens (tertiary/aromatic N) is 1. The van der Waals surface area contributed by atoms with Gasteiger partial charge >= 0.3 is 0 Å². The molecule has 0 fully saturated rings. The number of ether oxygens (including phenoxy) is 1. The monoisotopic (exact) mass is 236 g/mol. The second kappa shape index (κ2) is 6.89. The lowest BCUT2D eigenvalue weighted by atomic mass is 10.2. The van der Waals surface area contributed by atoms with Crippen LogP contribution in [-0.2, 0) is 0 Å². The van der Waals surface area contributed by atoms with Crippen molar-refractivity contribution in [3.63, 3.8) is 0 Å². The summed E-state index contributed by atoms with van der Waals surface area (Å²) in [7, 11) is 3.92. The number of hydrogen-bond acceptors (Lipinski definition) is 3. The highest BCUT2D eigenvalue weighted by atomic mass is 19.1. The summed E-state index contributed by atoms with van der Waals surface area (Å²) in [4.78, 5) is 2.01. The van der Waals surface area contributed by atoms with Crippen LogP contribution < -0.4 is 10.5 Å². The van der Waals surface area contributed by atoms with Gasteiger partial charge in [-0.25, -0.2) is 4.39 Å². The van der Waals surface area contributed by atoms with Gasteiger partial charge in [-0.1, -0.05) is 11.8 Å². The highest BCUT2D eigenvalue weighted by Gasteiger charge is 2.03. The highest BCUT2D eigenvalue weighted by molar-refractivity contribution is 5.46. The summed E-state index contributed by atoms with van der Waals surface area (Å²) in [5, 5.41) is 0. The highest BCUT2D eigenvalue weighted by Crippen LogP contribution is 2.18. The minimum atomic E-state index is -0.328. The number of hydrogen-bond donors (Lipinski definition) is 1. The summed E-state index contributed by atoms with van der Waals surface area (Å²) >= 11 is 0. The standard InChI is InChI=1S/C13H17FN2O/c1-16(2)8-9-17-13-6-5-12(14)10-11(13)4-3-7-15/h5-6,10H,7-9,15H2,1-2H3. The van der Waals surface area contributed by atoms with Crippen molar-refractivity contribution in [1.29, 1.82) is 0 Å². The van der Waals surface area contributed by atoms with Gasteiger partial charge < -0.3 is 15.4 Å². The normalized spacial score (nSPS) is 9.94. The third-order valence-electron chi connectivity index (χ3n) is 2.06. The van der Waals surface area contributed by atoms with Crippen molar-refractivity contribution in [2.45, 2.75) is 0 Å². The van der Waals surface area contributed by atoms with Crippen LogP contribution in [0, 0.1) is 17.7 Å². The molecule has 1 rings (SSSR count). The Morgan fingerprint density at radius 2 is 2.18 bits per heavy atom. The molecule has 0 unspecified atom stereocenters. The molecule has 0 saturated heterocycles. The average Bonchev–Trinajstić information content (AvgIpc) is 2.28. The lowest BCUT2D eigenvalue weighted by Crippen LogP contribution is -2.19. The Morgan fingerprint density at radius 1 is 1.41 bits per heavy atom. The molecule has 0 spiro atoms. The molecule has 0 aliphatic rings. The Bertz CT molecular complexity index is 421. The van der Waals surface area contributed by atoms with Gasteiger partial charge in [-0.3, -0.25) is 0 Å². The van der Waals surface area contributed by atoms with E-state index in [-0.39, 0.29) is 12.4 Å². The molecule has 17 heavy (non-hydrogen) atoms. The summed E-state index contributed by atoms with van der Waals surface area (Å²) in [6.45, 7) is 1.57. The molecular weight excluding hydrogens is 219 g/mol. The molecule has 0 radical (unpaired) electrons. The third-order valence-corrected chi connectivity index (χ3v) is 2.06. The van der Waals surface area contributed by atoms with Crippen molar-refractivity contribution >= 4 is 0 Å². The summed E-state index contributed by atoms with van der Waals surface area (Å²) < 4.78 is 18.6. The SMILES string of the molecule is CN(C)CCOc1ccc(F)cc1C#CCN. The zero-order valence-corrected chi connectivity index (χ0v) is 10.2. The van der Waals surface area contributed by atoms with Crippen LogP contribution in [0.5, 0.6) is 5.75 Å². The zero-order chi connectivity index (χ0) is 12.7. The fourth-order valence-corrected chi connectivity index (χ4v) is 1.21. The van der Waals surface area contributed by atoms with E-state index < -0.39 is 0 Å². The minimum Gasteiger partial charge on any atom is -0.491 e. The molecule has 3 nitrogen and oxygen atoms in total. The molecule has 0 saturated carbocycles. The number of rotatable bonds is 4. The van der Waals surface area contributed by atoms with Crippen molar-refractivity contribution in [2.75, 3.05) is 33.8 Å². The lowest BCUT2D eigenvalue weighted by molar-refractivity contribution is 0.260. The van der Waals surface area contributed by atoms with E-state index in [0.717, 1.165) is 6.54 Å². The van der Waals surface area contributed by atoms with Crippen molar-refractivity contribution in [3.05, 3.63) is 29.6 Å². The summed E-state index contributed by atoms with van der Waals surface area (Å²) in [6.07, 6.45) is 0. The predicted octanol–water partition coefficient (Wildman–Crippen LogP) is 1.08. The topological polar surface area (TPSA) is 38.5 Å². The van der Waals surface area contributed by atoms with E-state index >= 15 is 0 Å². The summed E-state index contributed by atoms with van der Waals surface area (Å²) in [5.41, 5.74) is 5.83. The number of nitrogens with two attached hydrogens (primary N) is 1. The van der Waals surface area contributed by atoms with Crippen LogP contribution in [0.2, 0.25) is 0 Å². The van der Waals surface area contributed by atoms with E-state index in [0.29, 0.717) is 17.9 Å². The van der Waals surface area contributed by atoms with E-state index in [2.05, 4.69) is 11.8 Å². The first-order valence-electron chi connectivity index (χ1n) is 5.39. The van der Waals surface area contributed by atoms with E-state index in [1.54, 1.807) is 6.07 Å². The van der Waals surface area contributed by atoms with Gasteiger partial charge in [0.15, 0.2) is 0 Å². The van der Waals surface area contributed by atoms with Gasteiger partial charge in [0.05, 0.1) is 12.1 Å².